The highest BCUT2D eigenvalue weighted by Crippen LogP contribution is 2.20. The molecule has 5 aromatic rings. The Morgan fingerprint density at radius 1 is 0.841 bits per heavy atom. The van der Waals surface area contributed by atoms with Crippen LogP contribution in [0.5, 0.6) is 0 Å². The van der Waals surface area contributed by atoms with Crippen LogP contribution in [0.4, 0.5) is 8.78 Å². The summed E-state index contributed by atoms with van der Waals surface area (Å²) in [6, 6.07) is 17.0. The van der Waals surface area contributed by atoms with Crippen molar-refractivity contribution in [3.63, 3.8) is 0 Å². The minimum absolute atomic E-state index is 0.0137. The van der Waals surface area contributed by atoms with Gasteiger partial charge >= 0.3 is 5.97 Å². The fourth-order valence-corrected chi connectivity index (χ4v) is 4.51. The number of ketones is 1. The third-order valence-corrected chi connectivity index (χ3v) is 7.01. The lowest BCUT2D eigenvalue weighted by Gasteiger charge is -2.11. The lowest BCUT2D eigenvalue weighted by molar-refractivity contribution is 0.0696. The summed E-state index contributed by atoms with van der Waals surface area (Å²) in [5, 5.41) is 18.9. The van der Waals surface area contributed by atoms with Crippen molar-refractivity contribution in [1.29, 1.82) is 0 Å². The average Bonchev–Trinajstić information content (AvgIpc) is 3.45. The van der Waals surface area contributed by atoms with Crippen LogP contribution in [0, 0.1) is 11.6 Å². The van der Waals surface area contributed by atoms with Crippen LogP contribution in [-0.2, 0) is 19.5 Å². The summed E-state index contributed by atoms with van der Waals surface area (Å²) >= 11 is 6.23. The number of carbonyl (C=O) groups is 4. The number of nitrogens with one attached hydrogen (secondary N) is 2. The maximum Gasteiger partial charge on any atom is 0.335 e. The minimum Gasteiger partial charge on any atom is -0.478 e. The van der Waals surface area contributed by atoms with E-state index in [4.69, 9.17) is 16.7 Å². The zero-order valence-corrected chi connectivity index (χ0v) is 23.4. The highest BCUT2D eigenvalue weighted by Gasteiger charge is 2.23. The van der Waals surface area contributed by atoms with Gasteiger partial charge in [0.15, 0.2) is 23.1 Å². The number of aromatic carboxylic acids is 1. The molecule has 0 spiro atoms. The summed E-state index contributed by atoms with van der Waals surface area (Å²) in [7, 11) is 0. The molecule has 0 aliphatic heterocycles. The van der Waals surface area contributed by atoms with Crippen LogP contribution < -0.4 is 10.6 Å². The molecule has 10 nitrogen and oxygen atoms in total. The number of carbonyl (C=O) groups excluding carboxylic acids is 3. The first-order valence-corrected chi connectivity index (χ1v) is 13.5. The van der Waals surface area contributed by atoms with Gasteiger partial charge in [-0.3, -0.25) is 14.4 Å². The number of carboxylic acid groups (broad SMARTS) is 1. The first kappa shape index (κ1) is 30.0. The van der Waals surface area contributed by atoms with Gasteiger partial charge in [-0.25, -0.2) is 23.1 Å². The lowest BCUT2D eigenvalue weighted by atomic mass is 10.1. The van der Waals surface area contributed by atoms with Gasteiger partial charge < -0.3 is 15.7 Å². The second-order valence-electron chi connectivity index (χ2n) is 9.63. The molecule has 3 N–H and O–H groups in total. The Balaban J connectivity index is 1.45. The number of carboxylic acids is 1. The van der Waals surface area contributed by atoms with E-state index in [0.29, 0.717) is 16.1 Å². The number of Topliss-reactive ketones (excluding diaryl/α,β-unsaturated/α-hetero) is 1. The monoisotopic (exact) mass is 617 g/mol. The molecule has 0 radical (unpaired) electrons. The largest absolute Gasteiger partial charge is 0.478 e. The molecular formula is C31H22ClF2N5O5. The molecule has 0 saturated carbocycles. The van der Waals surface area contributed by atoms with Crippen LogP contribution in [0.1, 0.15) is 58.4 Å². The number of amides is 2. The van der Waals surface area contributed by atoms with Crippen molar-refractivity contribution in [3.05, 3.63) is 135 Å². The van der Waals surface area contributed by atoms with Gasteiger partial charge in [-0.1, -0.05) is 48.0 Å². The van der Waals surface area contributed by atoms with Gasteiger partial charge in [0.05, 0.1) is 17.3 Å². The van der Waals surface area contributed by atoms with E-state index in [1.165, 1.54) is 30.5 Å². The number of rotatable bonds is 10. The fourth-order valence-electron chi connectivity index (χ4n) is 4.31. The van der Waals surface area contributed by atoms with E-state index in [-0.39, 0.29) is 53.2 Å². The predicted octanol–water partition coefficient (Wildman–Crippen LogP) is 4.64. The quantitative estimate of drug-likeness (QED) is 0.194. The van der Waals surface area contributed by atoms with Crippen molar-refractivity contribution in [2.45, 2.75) is 19.5 Å². The van der Waals surface area contributed by atoms with Crippen LogP contribution in [0.3, 0.4) is 0 Å². The zero-order valence-electron chi connectivity index (χ0n) is 22.7. The third kappa shape index (κ3) is 6.60. The number of fused-ring (bicyclic) bond motifs is 1. The Labute approximate surface area is 253 Å². The van der Waals surface area contributed by atoms with Crippen LogP contribution in [0.25, 0.3) is 5.65 Å². The van der Waals surface area contributed by atoms with Crippen molar-refractivity contribution in [3.8, 4) is 0 Å². The molecule has 0 aliphatic rings. The molecule has 3 aromatic carbocycles. The molecule has 5 rings (SSSR count). The average molecular weight is 618 g/mol. The maximum atomic E-state index is 13.6. The topological polar surface area (TPSA) is 143 Å². The van der Waals surface area contributed by atoms with Gasteiger partial charge in [0.2, 0.25) is 0 Å². The Morgan fingerprint density at radius 3 is 2.23 bits per heavy atom. The molecule has 0 bridgehead atoms. The van der Waals surface area contributed by atoms with Crippen LogP contribution in [0.2, 0.25) is 5.02 Å². The SMILES string of the molecule is O=C(O)c1ccc(CNC(=O)c2cc(C(=O)NCc3ccc(F)c(F)c3)nc3c(C(=O)Cc4ccccc4Cl)cnn23)cc1. The molecule has 44 heavy (non-hydrogen) atoms. The Bertz CT molecular complexity index is 1930. The van der Waals surface area contributed by atoms with E-state index in [2.05, 4.69) is 20.7 Å². The first-order chi connectivity index (χ1) is 21.1. The summed E-state index contributed by atoms with van der Waals surface area (Å²) in [6.07, 6.45) is 1.15. The number of nitrogens with zero attached hydrogens (tertiary/aromatic N) is 3. The highest BCUT2D eigenvalue weighted by atomic mass is 35.5. The van der Waals surface area contributed by atoms with Gasteiger partial charge in [-0.05, 0) is 47.0 Å². The van der Waals surface area contributed by atoms with Crippen LogP contribution in [0.15, 0.2) is 79.0 Å². The van der Waals surface area contributed by atoms with Gasteiger partial charge in [0.1, 0.15) is 11.4 Å². The number of halogens is 3. The molecule has 0 unspecified atom stereocenters. The first-order valence-electron chi connectivity index (χ1n) is 13.1. The zero-order chi connectivity index (χ0) is 31.4. The van der Waals surface area contributed by atoms with Gasteiger partial charge in [0.25, 0.3) is 11.8 Å². The van der Waals surface area contributed by atoms with Crippen LogP contribution >= 0.6 is 11.6 Å². The predicted molar refractivity (Wildman–Crippen MR) is 155 cm³/mol. The lowest BCUT2D eigenvalue weighted by Crippen LogP contribution is -2.28. The smallest absolute Gasteiger partial charge is 0.335 e. The molecule has 2 amide bonds. The van der Waals surface area contributed by atoms with Crippen molar-refractivity contribution in [2.75, 3.05) is 0 Å². The molecule has 222 valence electrons. The summed E-state index contributed by atoms with van der Waals surface area (Å²) in [4.78, 5) is 55.2. The number of benzene rings is 3. The highest BCUT2D eigenvalue weighted by molar-refractivity contribution is 6.31. The summed E-state index contributed by atoms with van der Waals surface area (Å²) in [6.45, 7) is -0.159. The Kier molecular flexibility index (Phi) is 8.72. The van der Waals surface area contributed by atoms with Crippen molar-refractivity contribution < 1.29 is 33.1 Å². The Morgan fingerprint density at radius 2 is 1.52 bits per heavy atom. The second-order valence-corrected chi connectivity index (χ2v) is 10.0. The van der Waals surface area contributed by atoms with E-state index in [0.717, 1.165) is 16.6 Å². The molecule has 13 heteroatoms. The normalized spacial score (nSPS) is 10.9. The van der Waals surface area contributed by atoms with Crippen molar-refractivity contribution >= 4 is 40.8 Å². The van der Waals surface area contributed by atoms with E-state index in [1.807, 2.05) is 0 Å². The number of hydrogen-bond donors (Lipinski definition) is 3. The number of hydrogen-bond acceptors (Lipinski definition) is 6. The summed E-state index contributed by atoms with van der Waals surface area (Å²) in [5.41, 5.74) is 1.16. The third-order valence-electron chi connectivity index (χ3n) is 6.64. The van der Waals surface area contributed by atoms with E-state index in [9.17, 15) is 28.0 Å². The summed E-state index contributed by atoms with van der Waals surface area (Å²) in [5.74, 6) is -5.02. The van der Waals surface area contributed by atoms with Crippen molar-refractivity contribution in [2.24, 2.45) is 0 Å². The number of aromatic nitrogens is 3. The Hall–Kier alpha value is -5.49. The van der Waals surface area contributed by atoms with E-state index < -0.39 is 35.2 Å². The molecule has 0 atom stereocenters. The molecule has 2 heterocycles. The van der Waals surface area contributed by atoms with Gasteiger partial charge in [0, 0.05) is 30.6 Å². The molecule has 2 aromatic heterocycles. The van der Waals surface area contributed by atoms with Crippen molar-refractivity contribution in [1.82, 2.24) is 25.2 Å². The second kappa shape index (κ2) is 12.8. The molecule has 0 aliphatic carbocycles. The van der Waals surface area contributed by atoms with Crippen LogP contribution in [-0.4, -0.2) is 43.3 Å². The fraction of sp³-hybridized carbons (Fsp3) is 0.0968. The van der Waals surface area contributed by atoms with E-state index >= 15 is 0 Å². The molecular weight excluding hydrogens is 596 g/mol. The summed E-state index contributed by atoms with van der Waals surface area (Å²) < 4.78 is 28.1. The van der Waals surface area contributed by atoms with E-state index in [1.54, 1.807) is 36.4 Å². The molecule has 0 saturated heterocycles. The molecule has 0 fully saturated rings. The van der Waals surface area contributed by atoms with Gasteiger partial charge in [-0.2, -0.15) is 5.10 Å². The minimum atomic E-state index is -1.09. The standard InChI is InChI=1S/C31H22ClF2N5O5/c32-22-4-2-1-3-20(22)12-27(40)21-16-37-39-26(30(42)36-14-17-5-8-19(9-6-17)31(43)44)13-25(38-28(21)39)29(41)35-15-18-7-10-23(33)24(34)11-18/h1-11,13,16H,12,14-15H2,(H,35,41)(H,36,42)(H,43,44). The maximum absolute atomic E-state index is 13.6. The van der Waals surface area contributed by atoms with Gasteiger partial charge in [-0.15, -0.1) is 0 Å².